The largest absolute Gasteiger partial charge is 0.370 e. The first kappa shape index (κ1) is 22.0. The minimum absolute atomic E-state index is 0.0337. The molecule has 1 atom stereocenters. The number of morpholine rings is 1. The van der Waals surface area contributed by atoms with Gasteiger partial charge in [0.15, 0.2) is 11.8 Å². The molecule has 1 aliphatic heterocycles. The quantitative estimate of drug-likeness (QED) is 0.470. The summed E-state index contributed by atoms with van der Waals surface area (Å²) in [5.41, 5.74) is 4.44. The van der Waals surface area contributed by atoms with E-state index in [2.05, 4.69) is 64.3 Å². The van der Waals surface area contributed by atoms with E-state index in [0.29, 0.717) is 37.0 Å². The van der Waals surface area contributed by atoms with Gasteiger partial charge in [-0.3, -0.25) is 9.98 Å². The Bertz CT molecular complexity index is 1050. The predicted octanol–water partition coefficient (Wildman–Crippen LogP) is 3.33. The van der Waals surface area contributed by atoms with Crippen molar-refractivity contribution in [2.75, 3.05) is 32.8 Å². The zero-order chi connectivity index (χ0) is 22.3. The molecule has 1 aliphatic rings. The van der Waals surface area contributed by atoms with Crippen LogP contribution in [0.4, 0.5) is 0 Å². The average Bonchev–Trinajstić information content (AvgIpc) is 3.28. The van der Waals surface area contributed by atoms with Crippen molar-refractivity contribution in [3.8, 4) is 11.6 Å². The van der Waals surface area contributed by atoms with Crippen molar-refractivity contribution >= 4 is 5.96 Å². The number of aliphatic imine (C=N–C) groups is 1. The molecule has 0 bridgehead atoms. The van der Waals surface area contributed by atoms with Gasteiger partial charge in [0.25, 0.3) is 5.89 Å². The zero-order valence-electron chi connectivity index (χ0n) is 18.9. The van der Waals surface area contributed by atoms with E-state index in [0.717, 1.165) is 25.6 Å². The summed E-state index contributed by atoms with van der Waals surface area (Å²) >= 11 is 0. The minimum Gasteiger partial charge on any atom is -0.370 e. The maximum absolute atomic E-state index is 6.10. The van der Waals surface area contributed by atoms with Gasteiger partial charge in [0.05, 0.1) is 13.2 Å². The van der Waals surface area contributed by atoms with Crippen LogP contribution in [0.1, 0.15) is 35.5 Å². The van der Waals surface area contributed by atoms with Gasteiger partial charge in [-0.25, -0.2) is 0 Å². The van der Waals surface area contributed by atoms with E-state index in [-0.39, 0.29) is 6.10 Å². The monoisotopic (exact) mass is 434 g/mol. The van der Waals surface area contributed by atoms with Gasteiger partial charge in [0, 0.05) is 32.3 Å². The molecule has 0 saturated carbocycles. The highest BCUT2D eigenvalue weighted by molar-refractivity contribution is 5.80. The van der Waals surface area contributed by atoms with Crippen LogP contribution in [0.5, 0.6) is 0 Å². The minimum atomic E-state index is 0.0337. The highest BCUT2D eigenvalue weighted by Crippen LogP contribution is 2.26. The van der Waals surface area contributed by atoms with Crippen molar-refractivity contribution in [2.45, 2.75) is 33.3 Å². The molecule has 3 heterocycles. The van der Waals surface area contributed by atoms with Crippen molar-refractivity contribution in [1.82, 2.24) is 25.3 Å². The first-order valence-electron chi connectivity index (χ1n) is 11.1. The fourth-order valence-electron chi connectivity index (χ4n) is 3.85. The number of hydrogen-bond donors (Lipinski definition) is 1. The van der Waals surface area contributed by atoms with Crippen LogP contribution < -0.4 is 5.32 Å². The van der Waals surface area contributed by atoms with Crippen molar-refractivity contribution in [1.29, 1.82) is 0 Å². The molecule has 1 unspecified atom stereocenters. The van der Waals surface area contributed by atoms with Gasteiger partial charge in [0.1, 0.15) is 11.8 Å². The topological polar surface area (TPSA) is 88.7 Å². The summed E-state index contributed by atoms with van der Waals surface area (Å²) in [5, 5.41) is 7.48. The number of rotatable bonds is 6. The average molecular weight is 435 g/mol. The third-order valence-corrected chi connectivity index (χ3v) is 5.42. The standard InChI is InChI=1S/C24H30N6O2/c1-4-25-24(27-12-10-22-28-23(32-29-22)20-7-5-6-11-26-20)30-13-14-31-21(16-30)19-9-8-17(2)15-18(19)3/h5-9,11,15,21H,4,10,12-14,16H2,1-3H3,(H,25,27). The Balaban J connectivity index is 1.41. The maximum Gasteiger partial charge on any atom is 0.276 e. The number of guanidine groups is 1. The Morgan fingerprint density at radius 1 is 1.25 bits per heavy atom. The molecule has 0 aliphatic carbocycles. The Morgan fingerprint density at radius 2 is 2.16 bits per heavy atom. The number of nitrogens with zero attached hydrogens (tertiary/aromatic N) is 5. The number of aryl methyl sites for hydroxylation is 2. The molecule has 4 rings (SSSR count). The zero-order valence-corrected chi connectivity index (χ0v) is 18.9. The fourth-order valence-corrected chi connectivity index (χ4v) is 3.85. The molecule has 32 heavy (non-hydrogen) atoms. The normalized spacial score (nSPS) is 16.9. The second-order valence-corrected chi connectivity index (χ2v) is 7.88. The van der Waals surface area contributed by atoms with Gasteiger partial charge >= 0.3 is 0 Å². The highest BCUT2D eigenvalue weighted by Gasteiger charge is 2.25. The maximum atomic E-state index is 6.10. The number of pyridine rings is 1. The molecular formula is C24H30N6O2. The summed E-state index contributed by atoms with van der Waals surface area (Å²) in [4.78, 5) is 15.8. The smallest absolute Gasteiger partial charge is 0.276 e. The third kappa shape index (κ3) is 5.31. The summed E-state index contributed by atoms with van der Waals surface area (Å²) in [6.07, 6.45) is 2.34. The van der Waals surface area contributed by atoms with Crippen LogP contribution in [0.25, 0.3) is 11.6 Å². The molecule has 0 amide bonds. The molecule has 1 N–H and O–H groups in total. The molecule has 3 aromatic rings. The lowest BCUT2D eigenvalue weighted by Gasteiger charge is -2.36. The lowest BCUT2D eigenvalue weighted by atomic mass is 10.00. The molecule has 1 saturated heterocycles. The van der Waals surface area contributed by atoms with Gasteiger partial charge in [-0.1, -0.05) is 35.0 Å². The SMILES string of the molecule is CCNC(=NCCc1noc(-c2ccccn2)n1)N1CCOC(c2ccc(C)cc2C)C1. The Kier molecular flexibility index (Phi) is 7.11. The summed E-state index contributed by atoms with van der Waals surface area (Å²) < 4.78 is 11.4. The molecule has 1 aromatic carbocycles. The van der Waals surface area contributed by atoms with E-state index in [1.165, 1.54) is 16.7 Å². The van der Waals surface area contributed by atoms with E-state index in [1.54, 1.807) is 6.20 Å². The van der Waals surface area contributed by atoms with E-state index in [4.69, 9.17) is 14.3 Å². The number of nitrogens with one attached hydrogen (secondary N) is 1. The van der Waals surface area contributed by atoms with E-state index in [1.807, 2.05) is 18.2 Å². The highest BCUT2D eigenvalue weighted by atomic mass is 16.5. The summed E-state index contributed by atoms with van der Waals surface area (Å²) in [5.74, 6) is 1.94. The Morgan fingerprint density at radius 3 is 2.94 bits per heavy atom. The van der Waals surface area contributed by atoms with Crippen LogP contribution in [-0.2, 0) is 11.2 Å². The van der Waals surface area contributed by atoms with Gasteiger partial charge in [0.2, 0.25) is 0 Å². The second-order valence-electron chi connectivity index (χ2n) is 7.88. The predicted molar refractivity (Wildman–Crippen MR) is 123 cm³/mol. The van der Waals surface area contributed by atoms with Crippen LogP contribution in [0.15, 0.2) is 52.1 Å². The van der Waals surface area contributed by atoms with Gasteiger partial charge in [-0.05, 0) is 44.0 Å². The van der Waals surface area contributed by atoms with Crippen LogP contribution >= 0.6 is 0 Å². The molecule has 1 fully saturated rings. The van der Waals surface area contributed by atoms with Crippen LogP contribution in [0, 0.1) is 13.8 Å². The summed E-state index contributed by atoms with van der Waals surface area (Å²) in [6, 6.07) is 12.1. The van der Waals surface area contributed by atoms with Crippen LogP contribution in [0.3, 0.4) is 0 Å². The van der Waals surface area contributed by atoms with Crippen LogP contribution in [-0.4, -0.2) is 58.8 Å². The Hall–Kier alpha value is -3.26. The van der Waals surface area contributed by atoms with Gasteiger partial charge in [-0.2, -0.15) is 4.98 Å². The lowest BCUT2D eigenvalue weighted by Crippen LogP contribution is -2.48. The first-order chi connectivity index (χ1) is 15.6. The number of aromatic nitrogens is 3. The number of benzene rings is 1. The first-order valence-corrected chi connectivity index (χ1v) is 11.1. The van der Waals surface area contributed by atoms with E-state index in [9.17, 15) is 0 Å². The molecular weight excluding hydrogens is 404 g/mol. The second kappa shape index (κ2) is 10.4. The number of hydrogen-bond acceptors (Lipinski definition) is 6. The van der Waals surface area contributed by atoms with Gasteiger partial charge in [-0.15, -0.1) is 0 Å². The van der Waals surface area contributed by atoms with Crippen molar-refractivity contribution < 1.29 is 9.26 Å². The third-order valence-electron chi connectivity index (χ3n) is 5.42. The van der Waals surface area contributed by atoms with Crippen LogP contribution in [0.2, 0.25) is 0 Å². The molecule has 0 spiro atoms. The van der Waals surface area contributed by atoms with Crippen molar-refractivity contribution in [3.05, 3.63) is 65.1 Å². The van der Waals surface area contributed by atoms with E-state index < -0.39 is 0 Å². The fraction of sp³-hybridized carbons (Fsp3) is 0.417. The molecule has 2 aromatic heterocycles. The Labute approximate surface area is 188 Å². The van der Waals surface area contributed by atoms with E-state index >= 15 is 0 Å². The summed E-state index contributed by atoms with van der Waals surface area (Å²) in [6.45, 7) is 9.95. The van der Waals surface area contributed by atoms with Crippen molar-refractivity contribution in [2.24, 2.45) is 4.99 Å². The molecule has 0 radical (unpaired) electrons. The van der Waals surface area contributed by atoms with Crippen molar-refractivity contribution in [3.63, 3.8) is 0 Å². The molecule has 8 nitrogen and oxygen atoms in total. The lowest BCUT2D eigenvalue weighted by molar-refractivity contribution is -0.00833. The molecule has 8 heteroatoms. The van der Waals surface area contributed by atoms with Gasteiger partial charge < -0.3 is 19.5 Å². The molecule has 168 valence electrons. The summed E-state index contributed by atoms with van der Waals surface area (Å²) in [7, 11) is 0. The number of ether oxygens (including phenoxy) is 1.